The van der Waals surface area contributed by atoms with E-state index in [9.17, 15) is 14.7 Å². The molecule has 3 aromatic rings. The molecule has 0 aliphatic rings. The number of nitrogens with one attached hydrogen (secondary N) is 1. The number of thiazole rings is 1. The number of hydrogen-bond acceptors (Lipinski definition) is 5. The highest BCUT2D eigenvalue weighted by Gasteiger charge is 2.15. The number of carboxylic acids is 1. The van der Waals surface area contributed by atoms with E-state index < -0.39 is 5.97 Å². The smallest absolute Gasteiger partial charge is 0.339 e. The van der Waals surface area contributed by atoms with Crippen molar-refractivity contribution in [2.75, 3.05) is 5.32 Å². The summed E-state index contributed by atoms with van der Waals surface area (Å²) in [5.41, 5.74) is 1.11. The maximum Gasteiger partial charge on any atom is 0.339 e. The van der Waals surface area contributed by atoms with Crippen molar-refractivity contribution in [3.63, 3.8) is 0 Å². The molecule has 0 aliphatic carbocycles. The Kier molecular flexibility index (Phi) is 5.48. The van der Waals surface area contributed by atoms with Crippen LogP contribution in [-0.4, -0.2) is 31.6 Å². The molecule has 140 valence electrons. The number of aromatic hydroxyl groups is 1. The van der Waals surface area contributed by atoms with Crippen molar-refractivity contribution in [2.24, 2.45) is 7.05 Å². The molecule has 0 atom stereocenters. The van der Waals surface area contributed by atoms with Gasteiger partial charge in [0.15, 0.2) is 0 Å². The molecule has 0 saturated carbocycles. The lowest BCUT2D eigenvalue weighted by Gasteiger charge is -2.03. The van der Waals surface area contributed by atoms with E-state index in [1.165, 1.54) is 23.6 Å². The van der Waals surface area contributed by atoms with Crippen molar-refractivity contribution in [3.05, 3.63) is 52.3 Å². The number of hydrogen-bond donors (Lipinski definition) is 3. The molecule has 0 spiro atoms. The number of carbonyl (C=O) groups is 2. The Morgan fingerprint density at radius 1 is 1.33 bits per heavy atom. The molecule has 2 heterocycles. The van der Waals surface area contributed by atoms with E-state index >= 15 is 0 Å². The van der Waals surface area contributed by atoms with Crippen molar-refractivity contribution >= 4 is 40.5 Å². The van der Waals surface area contributed by atoms with Crippen LogP contribution in [0.5, 0.6) is 5.75 Å². The Morgan fingerprint density at radius 3 is 2.81 bits per heavy atom. The Morgan fingerprint density at radius 2 is 2.11 bits per heavy atom. The minimum absolute atomic E-state index is 0.00973. The molecule has 2 aromatic heterocycles. The van der Waals surface area contributed by atoms with Gasteiger partial charge in [-0.1, -0.05) is 11.6 Å². The van der Waals surface area contributed by atoms with Crippen LogP contribution in [0.4, 0.5) is 5.69 Å². The van der Waals surface area contributed by atoms with Crippen LogP contribution in [0, 0.1) is 0 Å². The van der Waals surface area contributed by atoms with Gasteiger partial charge < -0.3 is 20.1 Å². The summed E-state index contributed by atoms with van der Waals surface area (Å²) in [5.74, 6) is -1.35. The van der Waals surface area contributed by atoms with E-state index in [1.807, 2.05) is 0 Å². The van der Waals surface area contributed by atoms with Gasteiger partial charge in [-0.15, -0.1) is 11.3 Å². The molecule has 0 bridgehead atoms. The Labute approximate surface area is 163 Å². The number of halogens is 1. The maximum absolute atomic E-state index is 12.2. The first-order valence-corrected chi connectivity index (χ1v) is 9.15. The molecule has 1 aromatic carbocycles. The number of phenols is 1. The molecule has 0 unspecified atom stereocenters. The molecule has 27 heavy (non-hydrogen) atoms. The summed E-state index contributed by atoms with van der Waals surface area (Å²) >= 11 is 7.35. The zero-order valence-electron chi connectivity index (χ0n) is 14.3. The molecule has 1 amide bonds. The second-order valence-electron chi connectivity index (χ2n) is 5.90. The van der Waals surface area contributed by atoms with E-state index in [-0.39, 0.29) is 34.4 Å². The van der Waals surface area contributed by atoms with Gasteiger partial charge in [-0.05, 0) is 24.6 Å². The molecule has 9 heteroatoms. The molecule has 7 nitrogen and oxygen atoms in total. The molecule has 0 radical (unpaired) electrons. The van der Waals surface area contributed by atoms with Crippen LogP contribution in [-0.2, 0) is 18.3 Å². The molecule has 3 N–H and O–H groups in total. The van der Waals surface area contributed by atoms with Crippen LogP contribution < -0.4 is 5.32 Å². The van der Waals surface area contributed by atoms with Crippen LogP contribution in [0.3, 0.4) is 0 Å². The zero-order chi connectivity index (χ0) is 19.6. The number of amides is 1. The minimum Gasteiger partial charge on any atom is -0.506 e. The third kappa shape index (κ3) is 4.47. The number of anilines is 1. The first-order chi connectivity index (χ1) is 12.8. The predicted octanol–water partition coefficient (Wildman–Crippen LogP) is 3.78. The topological polar surface area (TPSA) is 104 Å². The fourth-order valence-electron chi connectivity index (χ4n) is 2.50. The molecular weight excluding hydrogens is 390 g/mol. The summed E-state index contributed by atoms with van der Waals surface area (Å²) in [7, 11) is 1.69. The van der Waals surface area contributed by atoms with Crippen molar-refractivity contribution < 1.29 is 19.8 Å². The highest BCUT2D eigenvalue weighted by Crippen LogP contribution is 2.32. The lowest BCUT2D eigenvalue weighted by Crippen LogP contribution is -2.13. The number of nitrogens with zero attached hydrogens (tertiary/aromatic N) is 2. The largest absolute Gasteiger partial charge is 0.506 e. The standard InChI is InChI=1S/C18H16ClN3O4S/c1-22-8-12(18(25)26)14(9-22)21-16(24)5-3-11-7-20-17(27-11)10-2-4-15(23)13(19)6-10/h2,4,6-9,23H,3,5H2,1H3,(H,21,24)(H,25,26). The number of aromatic nitrogens is 2. The zero-order valence-corrected chi connectivity index (χ0v) is 15.8. The average molecular weight is 406 g/mol. The molecular formula is C18H16ClN3O4S. The van der Waals surface area contributed by atoms with Crippen molar-refractivity contribution in [3.8, 4) is 16.3 Å². The number of carboxylic acid groups (broad SMARTS) is 1. The third-order valence-corrected chi connectivity index (χ3v) is 5.22. The Balaban J connectivity index is 1.62. The molecule has 0 fully saturated rings. The second kappa shape index (κ2) is 7.81. The Bertz CT molecular complexity index is 1010. The summed E-state index contributed by atoms with van der Waals surface area (Å²) in [6.45, 7) is 0. The maximum atomic E-state index is 12.2. The van der Waals surface area contributed by atoms with Crippen LogP contribution in [0.15, 0.2) is 36.8 Å². The lowest BCUT2D eigenvalue weighted by molar-refractivity contribution is -0.116. The van der Waals surface area contributed by atoms with Crippen molar-refractivity contribution in [1.82, 2.24) is 9.55 Å². The number of phenolic OH excluding ortho intramolecular Hbond substituents is 1. The van der Waals surface area contributed by atoms with Crippen LogP contribution >= 0.6 is 22.9 Å². The fraction of sp³-hybridized carbons (Fsp3) is 0.167. The number of aromatic carboxylic acids is 1. The van der Waals surface area contributed by atoms with Gasteiger partial charge in [0.1, 0.15) is 16.3 Å². The van der Waals surface area contributed by atoms with E-state index in [1.54, 1.807) is 36.1 Å². The normalized spacial score (nSPS) is 10.7. The van der Waals surface area contributed by atoms with Crippen LogP contribution in [0.25, 0.3) is 10.6 Å². The highest BCUT2D eigenvalue weighted by molar-refractivity contribution is 7.15. The van der Waals surface area contributed by atoms with E-state index in [4.69, 9.17) is 16.7 Å². The quantitative estimate of drug-likeness (QED) is 0.579. The fourth-order valence-corrected chi connectivity index (χ4v) is 3.59. The van der Waals surface area contributed by atoms with E-state index in [0.29, 0.717) is 6.42 Å². The van der Waals surface area contributed by atoms with Gasteiger partial charge >= 0.3 is 5.97 Å². The van der Waals surface area contributed by atoms with Crippen molar-refractivity contribution in [1.29, 1.82) is 0 Å². The summed E-state index contributed by atoms with van der Waals surface area (Å²) in [6.07, 6.45) is 5.37. The first-order valence-electron chi connectivity index (χ1n) is 7.96. The monoisotopic (exact) mass is 405 g/mol. The lowest BCUT2D eigenvalue weighted by atomic mass is 10.2. The number of aryl methyl sites for hydroxylation is 2. The summed E-state index contributed by atoms with van der Waals surface area (Å²) in [4.78, 5) is 28.6. The molecule has 0 saturated heterocycles. The van der Waals surface area contributed by atoms with Crippen LogP contribution in [0.1, 0.15) is 21.7 Å². The second-order valence-corrected chi connectivity index (χ2v) is 7.42. The highest BCUT2D eigenvalue weighted by atomic mass is 35.5. The summed E-state index contributed by atoms with van der Waals surface area (Å²) in [6, 6.07) is 4.86. The molecule has 0 aliphatic heterocycles. The van der Waals surface area contributed by atoms with E-state index in [0.717, 1.165) is 15.4 Å². The van der Waals surface area contributed by atoms with Gasteiger partial charge in [-0.2, -0.15) is 0 Å². The van der Waals surface area contributed by atoms with Gasteiger partial charge in [-0.25, -0.2) is 9.78 Å². The SMILES string of the molecule is Cn1cc(NC(=O)CCc2cnc(-c3ccc(O)c(Cl)c3)s2)c(C(=O)O)c1. The van der Waals surface area contributed by atoms with Gasteiger partial charge in [0.05, 0.1) is 10.7 Å². The Hall–Kier alpha value is -2.84. The van der Waals surface area contributed by atoms with Crippen molar-refractivity contribution in [2.45, 2.75) is 12.8 Å². The summed E-state index contributed by atoms with van der Waals surface area (Å²) in [5, 5.41) is 22.3. The average Bonchev–Trinajstić information content (AvgIpc) is 3.22. The van der Waals surface area contributed by atoms with E-state index in [2.05, 4.69) is 10.3 Å². The number of benzene rings is 1. The van der Waals surface area contributed by atoms with Gasteiger partial charge in [0.2, 0.25) is 5.91 Å². The van der Waals surface area contributed by atoms with Gasteiger partial charge in [0, 0.05) is 42.5 Å². The van der Waals surface area contributed by atoms with Crippen LogP contribution in [0.2, 0.25) is 5.02 Å². The third-order valence-electron chi connectivity index (χ3n) is 3.81. The van der Waals surface area contributed by atoms with Gasteiger partial charge in [0.25, 0.3) is 0 Å². The van der Waals surface area contributed by atoms with Gasteiger partial charge in [-0.3, -0.25) is 4.79 Å². The minimum atomic E-state index is -1.09. The molecule has 3 rings (SSSR count). The number of rotatable bonds is 6. The summed E-state index contributed by atoms with van der Waals surface area (Å²) < 4.78 is 1.58. The first kappa shape index (κ1) is 18.9. The predicted molar refractivity (Wildman–Crippen MR) is 104 cm³/mol. The number of carbonyl (C=O) groups excluding carboxylic acids is 1.